The van der Waals surface area contributed by atoms with E-state index in [1.165, 1.54) is 0 Å². The van der Waals surface area contributed by atoms with Crippen LogP contribution in [0.25, 0.3) is 11.0 Å². The molecule has 170 valence electrons. The van der Waals surface area contributed by atoms with E-state index in [1.54, 1.807) is 4.90 Å². The number of ether oxygens (including phenoxy) is 1. The maximum atomic E-state index is 12.6. The van der Waals surface area contributed by atoms with Gasteiger partial charge in [-0.05, 0) is 57.9 Å². The summed E-state index contributed by atoms with van der Waals surface area (Å²) in [6.45, 7) is 7.39. The number of amides is 1. The third-order valence-electron chi connectivity index (χ3n) is 5.44. The molecule has 0 saturated carbocycles. The topological polar surface area (TPSA) is 59.4 Å². The number of nitrogens with zero attached hydrogens (tertiary/aromatic N) is 3. The first-order valence-electron chi connectivity index (χ1n) is 10.8. The number of likely N-dealkylation sites (tertiary alicyclic amines) is 1. The van der Waals surface area contributed by atoms with Crippen LogP contribution in [0.3, 0.4) is 0 Å². The van der Waals surface area contributed by atoms with Gasteiger partial charge in [0.25, 0.3) is 0 Å². The lowest BCUT2D eigenvalue weighted by Crippen LogP contribution is -2.47. The molecule has 2 aromatic carbocycles. The molecule has 0 spiro atoms. The second-order valence-corrected chi connectivity index (χ2v) is 9.93. The van der Waals surface area contributed by atoms with Crippen molar-refractivity contribution in [2.24, 2.45) is 0 Å². The summed E-state index contributed by atoms with van der Waals surface area (Å²) in [7, 11) is 0. The average molecular weight is 475 g/mol. The number of imidazole rings is 1. The summed E-state index contributed by atoms with van der Waals surface area (Å²) in [4.78, 5) is 19.2. The molecule has 1 saturated heterocycles. The van der Waals surface area contributed by atoms with Crippen LogP contribution in [-0.2, 0) is 11.3 Å². The van der Waals surface area contributed by atoms with Gasteiger partial charge in [-0.15, -0.1) is 0 Å². The zero-order valence-corrected chi connectivity index (χ0v) is 20.1. The lowest BCUT2D eigenvalue weighted by molar-refractivity contribution is 0.0206. The molecule has 6 nitrogen and oxygen atoms in total. The molecule has 1 aliphatic heterocycles. The van der Waals surface area contributed by atoms with Gasteiger partial charge in [-0.3, -0.25) is 0 Å². The molecule has 0 aliphatic carbocycles. The van der Waals surface area contributed by atoms with Crippen LogP contribution in [0.4, 0.5) is 10.7 Å². The quantitative estimate of drug-likeness (QED) is 0.488. The van der Waals surface area contributed by atoms with Gasteiger partial charge in [0, 0.05) is 34.7 Å². The highest BCUT2D eigenvalue weighted by atomic mass is 35.5. The minimum atomic E-state index is -0.514. The number of aromatic nitrogens is 2. The first-order chi connectivity index (χ1) is 15.2. The number of hydrogen-bond donors (Lipinski definition) is 1. The molecule has 1 aromatic heterocycles. The minimum absolute atomic E-state index is 0.0635. The Morgan fingerprint density at radius 2 is 1.88 bits per heavy atom. The average Bonchev–Trinajstić information content (AvgIpc) is 3.06. The van der Waals surface area contributed by atoms with E-state index < -0.39 is 5.60 Å². The van der Waals surface area contributed by atoms with Crippen molar-refractivity contribution in [3.8, 4) is 0 Å². The molecule has 8 heteroatoms. The summed E-state index contributed by atoms with van der Waals surface area (Å²) >= 11 is 12.9. The predicted octanol–water partition coefficient (Wildman–Crippen LogP) is 6.20. The Bertz CT molecular complexity index is 1100. The molecule has 1 atom stereocenters. The largest absolute Gasteiger partial charge is 0.444 e. The number of piperidine rings is 1. The van der Waals surface area contributed by atoms with Crippen LogP contribution in [0.1, 0.15) is 39.2 Å². The van der Waals surface area contributed by atoms with Crippen LogP contribution in [0.15, 0.2) is 42.5 Å². The molecule has 0 bridgehead atoms. The summed E-state index contributed by atoms with van der Waals surface area (Å²) in [5.74, 6) is 0.734. The van der Waals surface area contributed by atoms with Crippen molar-refractivity contribution in [2.45, 2.75) is 51.8 Å². The lowest BCUT2D eigenvalue weighted by Gasteiger charge is -2.34. The summed E-state index contributed by atoms with van der Waals surface area (Å²) in [5.41, 5.74) is 2.21. The van der Waals surface area contributed by atoms with Gasteiger partial charge in [-0.2, -0.15) is 0 Å². The Morgan fingerprint density at radius 3 is 2.59 bits per heavy atom. The molecule has 1 fully saturated rings. The van der Waals surface area contributed by atoms with Crippen molar-refractivity contribution in [3.05, 3.63) is 58.1 Å². The van der Waals surface area contributed by atoms with Crippen LogP contribution in [0.2, 0.25) is 10.0 Å². The molecule has 3 aromatic rings. The van der Waals surface area contributed by atoms with Crippen molar-refractivity contribution in [1.29, 1.82) is 0 Å². The Balaban J connectivity index is 1.59. The van der Waals surface area contributed by atoms with Gasteiger partial charge >= 0.3 is 6.09 Å². The van der Waals surface area contributed by atoms with E-state index in [1.807, 2.05) is 63.2 Å². The fraction of sp³-hybridized carbons (Fsp3) is 0.417. The number of nitrogens with one attached hydrogen (secondary N) is 1. The van der Waals surface area contributed by atoms with Gasteiger partial charge in [-0.25, -0.2) is 9.78 Å². The second kappa shape index (κ2) is 9.20. The number of halogens is 2. The normalized spacial score (nSPS) is 16.9. The van der Waals surface area contributed by atoms with Crippen LogP contribution in [0.5, 0.6) is 0 Å². The first-order valence-corrected chi connectivity index (χ1v) is 11.6. The maximum absolute atomic E-state index is 12.6. The SMILES string of the molecule is CC(C)(C)OC(=O)N1CCCC(Nc2nc3ccccc3n2Cc2c(Cl)cccc2Cl)C1. The van der Waals surface area contributed by atoms with Crippen molar-refractivity contribution in [1.82, 2.24) is 14.5 Å². The molecular formula is C24H28Cl2N4O2. The minimum Gasteiger partial charge on any atom is -0.444 e. The molecule has 1 unspecified atom stereocenters. The van der Waals surface area contributed by atoms with E-state index in [0.717, 1.165) is 35.4 Å². The highest BCUT2D eigenvalue weighted by Crippen LogP contribution is 2.29. The van der Waals surface area contributed by atoms with E-state index >= 15 is 0 Å². The number of rotatable bonds is 4. The number of hydrogen-bond acceptors (Lipinski definition) is 4. The highest BCUT2D eigenvalue weighted by molar-refractivity contribution is 6.36. The molecular weight excluding hydrogens is 447 g/mol. The van der Waals surface area contributed by atoms with Crippen molar-refractivity contribution < 1.29 is 9.53 Å². The number of anilines is 1. The zero-order chi connectivity index (χ0) is 22.9. The predicted molar refractivity (Wildman–Crippen MR) is 130 cm³/mol. The highest BCUT2D eigenvalue weighted by Gasteiger charge is 2.28. The van der Waals surface area contributed by atoms with Crippen LogP contribution >= 0.6 is 23.2 Å². The van der Waals surface area contributed by atoms with E-state index in [-0.39, 0.29) is 12.1 Å². The number of para-hydroxylation sites is 2. The van der Waals surface area contributed by atoms with E-state index in [2.05, 4.69) is 9.88 Å². The van der Waals surface area contributed by atoms with E-state index in [4.69, 9.17) is 32.9 Å². The van der Waals surface area contributed by atoms with Crippen molar-refractivity contribution in [3.63, 3.8) is 0 Å². The number of fused-ring (bicyclic) bond motifs is 1. The van der Waals surface area contributed by atoms with Gasteiger partial charge in [0.15, 0.2) is 0 Å². The smallest absolute Gasteiger partial charge is 0.410 e. The molecule has 1 amide bonds. The van der Waals surface area contributed by atoms with E-state index in [0.29, 0.717) is 29.7 Å². The Morgan fingerprint density at radius 1 is 1.16 bits per heavy atom. The van der Waals surface area contributed by atoms with Gasteiger partial charge in [0.2, 0.25) is 5.95 Å². The zero-order valence-electron chi connectivity index (χ0n) is 18.6. The van der Waals surface area contributed by atoms with Gasteiger partial charge in [-0.1, -0.05) is 41.4 Å². The Labute approximate surface area is 198 Å². The maximum Gasteiger partial charge on any atom is 0.410 e. The van der Waals surface area contributed by atoms with E-state index in [9.17, 15) is 4.79 Å². The Hall–Kier alpha value is -2.44. The Kier molecular flexibility index (Phi) is 6.54. The number of benzene rings is 2. The number of carbonyl (C=O) groups excluding carboxylic acids is 1. The monoisotopic (exact) mass is 474 g/mol. The first kappa shape index (κ1) is 22.7. The fourth-order valence-corrected chi connectivity index (χ4v) is 4.47. The van der Waals surface area contributed by atoms with Crippen LogP contribution < -0.4 is 5.32 Å². The summed E-state index contributed by atoms with van der Waals surface area (Å²) in [6, 6.07) is 13.6. The molecule has 32 heavy (non-hydrogen) atoms. The lowest BCUT2D eigenvalue weighted by atomic mass is 10.1. The third kappa shape index (κ3) is 5.13. The van der Waals surface area contributed by atoms with Crippen molar-refractivity contribution in [2.75, 3.05) is 18.4 Å². The summed E-state index contributed by atoms with van der Waals surface area (Å²) in [6.07, 6.45) is 1.56. The number of carbonyl (C=O) groups is 1. The third-order valence-corrected chi connectivity index (χ3v) is 6.15. The molecule has 4 rings (SSSR count). The van der Waals surface area contributed by atoms with Gasteiger partial charge in [0.1, 0.15) is 5.60 Å². The molecule has 1 aliphatic rings. The van der Waals surface area contributed by atoms with Gasteiger partial charge < -0.3 is 19.5 Å². The second-order valence-electron chi connectivity index (χ2n) is 9.12. The summed E-state index contributed by atoms with van der Waals surface area (Å²) in [5, 5.41) is 4.80. The molecule has 1 N–H and O–H groups in total. The van der Waals surface area contributed by atoms with Gasteiger partial charge in [0.05, 0.1) is 17.6 Å². The molecule has 0 radical (unpaired) electrons. The van der Waals surface area contributed by atoms with Crippen molar-refractivity contribution >= 4 is 46.3 Å². The summed E-state index contributed by atoms with van der Waals surface area (Å²) < 4.78 is 7.65. The molecule has 2 heterocycles. The standard InChI is InChI=1S/C24H28Cl2N4O2/c1-24(2,3)32-23(31)29-13-7-8-16(14-29)27-22-28-20-11-4-5-12-21(20)30(22)15-17-18(25)9-6-10-19(17)26/h4-6,9-12,16H,7-8,13-15H2,1-3H3,(H,27,28). The van der Waals surface area contributed by atoms with Crippen LogP contribution in [-0.4, -0.2) is 45.3 Å². The van der Waals surface area contributed by atoms with Crippen LogP contribution in [0, 0.1) is 0 Å². The fourth-order valence-electron chi connectivity index (χ4n) is 3.96.